The highest BCUT2D eigenvalue weighted by molar-refractivity contribution is 6.31. The molecule has 3 aromatic carbocycles. The van der Waals surface area contributed by atoms with Gasteiger partial charge in [-0.05, 0) is 74.0 Å². The largest absolute Gasteiger partial charge is 0.491 e. The summed E-state index contributed by atoms with van der Waals surface area (Å²) in [6, 6.07) is 22.0. The maximum Gasteiger partial charge on any atom is 0.231 e. The highest BCUT2D eigenvalue weighted by Crippen LogP contribution is 2.27. The van der Waals surface area contributed by atoms with Crippen LogP contribution in [0.5, 0.6) is 11.5 Å². The van der Waals surface area contributed by atoms with Crippen molar-refractivity contribution in [2.75, 3.05) is 6.61 Å². The minimum absolute atomic E-state index is 0.0557. The first-order chi connectivity index (χ1) is 16.0. The molecule has 0 radical (unpaired) electrons. The number of Topliss-reactive ketones (excluding diaryl/α,β-unsaturated/α-hetero) is 1. The van der Waals surface area contributed by atoms with Gasteiger partial charge in [0.1, 0.15) is 23.6 Å². The summed E-state index contributed by atoms with van der Waals surface area (Å²) in [6.07, 6.45) is 3.53. The van der Waals surface area contributed by atoms with E-state index in [0.717, 1.165) is 11.3 Å². The fourth-order valence-corrected chi connectivity index (χ4v) is 3.31. The van der Waals surface area contributed by atoms with Crippen molar-refractivity contribution in [3.8, 4) is 11.5 Å². The van der Waals surface area contributed by atoms with Crippen molar-refractivity contribution in [3.63, 3.8) is 0 Å². The molecule has 0 fully saturated rings. The van der Waals surface area contributed by atoms with Crippen LogP contribution in [0, 0.1) is 0 Å². The van der Waals surface area contributed by atoms with E-state index >= 15 is 0 Å². The van der Waals surface area contributed by atoms with E-state index in [1.165, 1.54) is 0 Å². The van der Waals surface area contributed by atoms with Crippen LogP contribution in [0.15, 0.2) is 89.9 Å². The standard InChI is InChI=1S/C28H25NO4/c1-4-17-31-22-13-9-20(10-14-22)18-24(28-29-25-7-5-6-8-26(25)33-28)27(30)21-11-15-23(16-12-21)32-19(2)3/h4-16,18-19H,1,17H2,2-3H3/b24-18+. The predicted octanol–water partition coefficient (Wildman–Crippen LogP) is 6.60. The second-order valence-corrected chi connectivity index (χ2v) is 7.73. The third-order valence-electron chi connectivity index (χ3n) is 4.82. The van der Waals surface area contributed by atoms with Gasteiger partial charge in [0.15, 0.2) is 11.4 Å². The van der Waals surface area contributed by atoms with E-state index in [9.17, 15) is 4.79 Å². The van der Waals surface area contributed by atoms with Gasteiger partial charge in [-0.15, -0.1) is 0 Å². The van der Waals surface area contributed by atoms with Crippen LogP contribution in [0.2, 0.25) is 0 Å². The van der Waals surface area contributed by atoms with Gasteiger partial charge in [0.05, 0.1) is 11.7 Å². The number of oxazole rings is 1. The highest BCUT2D eigenvalue weighted by atomic mass is 16.5. The molecule has 0 N–H and O–H groups in total. The van der Waals surface area contributed by atoms with Crippen LogP contribution in [-0.4, -0.2) is 23.5 Å². The molecular formula is C28H25NO4. The van der Waals surface area contributed by atoms with E-state index in [1.54, 1.807) is 36.4 Å². The summed E-state index contributed by atoms with van der Waals surface area (Å²) in [7, 11) is 0. The first-order valence-corrected chi connectivity index (χ1v) is 10.8. The summed E-state index contributed by atoms with van der Waals surface area (Å²) >= 11 is 0. The molecule has 0 unspecified atom stereocenters. The molecule has 0 spiro atoms. The van der Waals surface area contributed by atoms with Gasteiger partial charge in [0.25, 0.3) is 0 Å². The summed E-state index contributed by atoms with van der Waals surface area (Å²) in [5, 5.41) is 0. The number of aromatic nitrogens is 1. The first kappa shape index (κ1) is 22.1. The van der Waals surface area contributed by atoms with Crippen LogP contribution in [0.3, 0.4) is 0 Å². The zero-order valence-corrected chi connectivity index (χ0v) is 18.7. The van der Waals surface area contributed by atoms with Crippen LogP contribution in [0.25, 0.3) is 22.7 Å². The lowest BCUT2D eigenvalue weighted by Gasteiger charge is -2.10. The second-order valence-electron chi connectivity index (χ2n) is 7.73. The van der Waals surface area contributed by atoms with Crippen molar-refractivity contribution >= 4 is 28.5 Å². The summed E-state index contributed by atoms with van der Waals surface area (Å²) < 4.78 is 17.2. The lowest BCUT2D eigenvalue weighted by Crippen LogP contribution is -2.06. The molecule has 0 aliphatic heterocycles. The molecule has 0 saturated heterocycles. The normalized spacial score (nSPS) is 11.5. The topological polar surface area (TPSA) is 61.6 Å². The van der Waals surface area contributed by atoms with E-state index in [-0.39, 0.29) is 17.8 Å². The van der Waals surface area contributed by atoms with Crippen molar-refractivity contribution in [3.05, 3.63) is 102 Å². The molecule has 0 amide bonds. The summed E-state index contributed by atoms with van der Waals surface area (Å²) in [5.74, 6) is 1.52. The number of para-hydroxylation sites is 2. The Kier molecular flexibility index (Phi) is 6.69. The van der Waals surface area contributed by atoms with Gasteiger partial charge < -0.3 is 13.9 Å². The molecule has 0 aliphatic carbocycles. The summed E-state index contributed by atoms with van der Waals surface area (Å²) in [4.78, 5) is 18.1. The van der Waals surface area contributed by atoms with Crippen LogP contribution < -0.4 is 9.47 Å². The van der Waals surface area contributed by atoms with E-state index in [1.807, 2.05) is 62.4 Å². The third kappa shape index (κ3) is 5.39. The number of rotatable bonds is 9. The Bertz CT molecular complexity index is 1250. The molecule has 1 aromatic heterocycles. The Balaban J connectivity index is 1.71. The molecule has 5 nitrogen and oxygen atoms in total. The maximum absolute atomic E-state index is 13.5. The molecule has 1 heterocycles. The van der Waals surface area contributed by atoms with E-state index in [4.69, 9.17) is 13.9 Å². The number of hydrogen-bond donors (Lipinski definition) is 0. The molecule has 33 heavy (non-hydrogen) atoms. The molecular weight excluding hydrogens is 414 g/mol. The number of allylic oxidation sites excluding steroid dienone is 1. The molecule has 166 valence electrons. The quantitative estimate of drug-likeness (QED) is 0.167. The van der Waals surface area contributed by atoms with Crippen LogP contribution in [0.4, 0.5) is 0 Å². The molecule has 5 heteroatoms. The second kappa shape index (κ2) is 10.0. The first-order valence-electron chi connectivity index (χ1n) is 10.8. The molecule has 0 aliphatic rings. The molecule has 0 bridgehead atoms. The highest BCUT2D eigenvalue weighted by Gasteiger charge is 2.20. The number of carbonyl (C=O) groups excluding carboxylic acids is 1. The summed E-state index contributed by atoms with van der Waals surface area (Å²) in [5.41, 5.74) is 3.03. The molecule has 0 saturated carbocycles. The predicted molar refractivity (Wildman–Crippen MR) is 131 cm³/mol. The summed E-state index contributed by atoms with van der Waals surface area (Å²) in [6.45, 7) is 8.00. The van der Waals surface area contributed by atoms with Crippen molar-refractivity contribution < 1.29 is 18.7 Å². The monoisotopic (exact) mass is 439 g/mol. The minimum atomic E-state index is -0.190. The Hall–Kier alpha value is -4.12. The fourth-order valence-electron chi connectivity index (χ4n) is 3.31. The van der Waals surface area contributed by atoms with Crippen molar-refractivity contribution in [2.45, 2.75) is 20.0 Å². The zero-order chi connectivity index (χ0) is 23.2. The molecule has 4 rings (SSSR count). The molecule has 0 atom stereocenters. The zero-order valence-electron chi connectivity index (χ0n) is 18.7. The smallest absolute Gasteiger partial charge is 0.231 e. The van der Waals surface area contributed by atoms with Gasteiger partial charge in [-0.2, -0.15) is 0 Å². The van der Waals surface area contributed by atoms with Crippen LogP contribution in [-0.2, 0) is 0 Å². The Morgan fingerprint density at radius 2 is 1.70 bits per heavy atom. The van der Waals surface area contributed by atoms with Crippen molar-refractivity contribution in [1.82, 2.24) is 4.98 Å². The molecule has 4 aromatic rings. The number of benzene rings is 3. The maximum atomic E-state index is 13.5. The number of fused-ring (bicyclic) bond motifs is 1. The third-order valence-corrected chi connectivity index (χ3v) is 4.82. The van der Waals surface area contributed by atoms with Gasteiger partial charge in [-0.25, -0.2) is 4.98 Å². The van der Waals surface area contributed by atoms with E-state index in [2.05, 4.69) is 11.6 Å². The van der Waals surface area contributed by atoms with Crippen LogP contribution in [0.1, 0.15) is 35.7 Å². The van der Waals surface area contributed by atoms with Gasteiger partial charge in [-0.3, -0.25) is 4.79 Å². The number of ketones is 1. The van der Waals surface area contributed by atoms with E-state index in [0.29, 0.717) is 34.6 Å². The minimum Gasteiger partial charge on any atom is -0.491 e. The average Bonchev–Trinajstić information content (AvgIpc) is 3.25. The number of ether oxygens (including phenoxy) is 2. The SMILES string of the molecule is C=CCOc1ccc(/C=C(\C(=O)c2ccc(OC(C)C)cc2)c2nc3ccccc3o2)cc1. The fraction of sp³-hybridized carbons (Fsp3) is 0.143. The Morgan fingerprint density at radius 1 is 1.00 bits per heavy atom. The number of nitrogens with zero attached hydrogens (tertiary/aromatic N) is 1. The van der Waals surface area contributed by atoms with Crippen molar-refractivity contribution in [1.29, 1.82) is 0 Å². The van der Waals surface area contributed by atoms with Gasteiger partial charge in [0, 0.05) is 5.56 Å². The van der Waals surface area contributed by atoms with Gasteiger partial charge in [0.2, 0.25) is 5.89 Å². The van der Waals surface area contributed by atoms with Crippen LogP contribution >= 0.6 is 0 Å². The average molecular weight is 440 g/mol. The van der Waals surface area contributed by atoms with Gasteiger partial charge in [-0.1, -0.05) is 36.9 Å². The number of hydrogen-bond acceptors (Lipinski definition) is 5. The Morgan fingerprint density at radius 3 is 2.36 bits per heavy atom. The van der Waals surface area contributed by atoms with E-state index < -0.39 is 0 Å². The Labute approximate surface area is 193 Å². The lowest BCUT2D eigenvalue weighted by atomic mass is 10.0. The lowest BCUT2D eigenvalue weighted by molar-refractivity contribution is 0.105. The number of carbonyl (C=O) groups is 1. The van der Waals surface area contributed by atoms with Crippen molar-refractivity contribution in [2.24, 2.45) is 0 Å². The van der Waals surface area contributed by atoms with Gasteiger partial charge >= 0.3 is 0 Å².